The van der Waals surface area contributed by atoms with Gasteiger partial charge in [-0.1, -0.05) is 0 Å². The van der Waals surface area contributed by atoms with Crippen LogP contribution in [0.25, 0.3) is 0 Å². The van der Waals surface area contributed by atoms with E-state index >= 15 is 0 Å². The van der Waals surface area contributed by atoms with Crippen LogP contribution in [0.2, 0.25) is 0 Å². The zero-order chi connectivity index (χ0) is 13.3. The maximum absolute atomic E-state index is 10.7. The van der Waals surface area contributed by atoms with Crippen molar-refractivity contribution in [2.75, 3.05) is 19.6 Å². The molecule has 0 aliphatic heterocycles. The molecule has 0 aliphatic rings. The van der Waals surface area contributed by atoms with E-state index < -0.39 is 17.6 Å². The van der Waals surface area contributed by atoms with Gasteiger partial charge in [0.25, 0.3) is 0 Å². The quantitative estimate of drug-likeness (QED) is 0.324. The maximum Gasteiger partial charge on any atom is 0.323 e. The number of nitrogens with two attached hydrogens (primary N) is 2. The van der Waals surface area contributed by atoms with Crippen LogP contribution < -0.4 is 16.8 Å². The van der Waals surface area contributed by atoms with Crippen molar-refractivity contribution in [3.8, 4) is 0 Å². The van der Waals surface area contributed by atoms with E-state index in [1.165, 1.54) is 6.92 Å². The zero-order valence-electron chi connectivity index (χ0n) is 10.5. The smallest absolute Gasteiger partial charge is 0.323 e. The van der Waals surface area contributed by atoms with Gasteiger partial charge in [-0.05, 0) is 45.7 Å². The number of carbonyl (C=O) groups is 1. The highest BCUT2D eigenvalue weighted by atomic mass is 16.4. The number of nitrogens with one attached hydrogen (secondary N) is 1. The molecule has 7 N–H and O–H groups in total. The lowest BCUT2D eigenvalue weighted by molar-refractivity contribution is -0.142. The molecule has 0 rings (SSSR count). The first kappa shape index (κ1) is 16.3. The molecule has 2 atom stereocenters. The number of carboxylic acid groups (broad SMARTS) is 1. The molecule has 0 heterocycles. The molecule has 6 nitrogen and oxygen atoms in total. The minimum Gasteiger partial charge on any atom is -0.480 e. The second-order valence-electron chi connectivity index (χ2n) is 4.62. The largest absolute Gasteiger partial charge is 0.480 e. The van der Waals surface area contributed by atoms with E-state index in [0.29, 0.717) is 25.9 Å². The van der Waals surface area contributed by atoms with Crippen molar-refractivity contribution in [3.63, 3.8) is 0 Å². The van der Waals surface area contributed by atoms with E-state index in [2.05, 4.69) is 5.32 Å². The summed E-state index contributed by atoms with van der Waals surface area (Å²) in [6, 6.07) is 0. The van der Waals surface area contributed by atoms with E-state index in [4.69, 9.17) is 16.6 Å². The van der Waals surface area contributed by atoms with Crippen LogP contribution in [0.4, 0.5) is 0 Å². The van der Waals surface area contributed by atoms with Gasteiger partial charge in [0.15, 0.2) is 0 Å². The summed E-state index contributed by atoms with van der Waals surface area (Å²) in [6.07, 6.45) is 2.23. The normalized spacial score (nSPS) is 16.5. The number of hydrogen-bond donors (Lipinski definition) is 5. The number of unbranched alkanes of at least 4 members (excludes halogenated alkanes) is 1. The first-order valence-electron chi connectivity index (χ1n) is 6.01. The van der Waals surface area contributed by atoms with Gasteiger partial charge in [-0.3, -0.25) is 4.79 Å². The molecule has 0 saturated carbocycles. The van der Waals surface area contributed by atoms with Crippen LogP contribution in [-0.2, 0) is 4.79 Å². The van der Waals surface area contributed by atoms with Crippen LogP contribution in [0.5, 0.6) is 0 Å². The lowest BCUT2D eigenvalue weighted by Gasteiger charge is -2.18. The van der Waals surface area contributed by atoms with Crippen molar-refractivity contribution in [1.29, 1.82) is 0 Å². The third-order valence-electron chi connectivity index (χ3n) is 2.67. The lowest BCUT2D eigenvalue weighted by Crippen LogP contribution is -2.44. The fourth-order valence-electron chi connectivity index (χ4n) is 1.41. The average molecular weight is 247 g/mol. The van der Waals surface area contributed by atoms with E-state index in [1.54, 1.807) is 0 Å². The molecule has 0 spiro atoms. The lowest BCUT2D eigenvalue weighted by atomic mass is 9.96. The molecule has 0 amide bonds. The second-order valence-corrected chi connectivity index (χ2v) is 4.62. The van der Waals surface area contributed by atoms with Crippen molar-refractivity contribution in [2.45, 2.75) is 44.2 Å². The Hall–Kier alpha value is -0.690. The Bertz CT molecular complexity index is 222. The minimum absolute atomic E-state index is 0.404. The van der Waals surface area contributed by atoms with Gasteiger partial charge in [0.1, 0.15) is 5.54 Å². The Labute approximate surface area is 102 Å². The third kappa shape index (κ3) is 8.09. The first-order valence-corrected chi connectivity index (χ1v) is 6.01. The molecule has 0 aromatic heterocycles. The number of rotatable bonds is 10. The van der Waals surface area contributed by atoms with Crippen LogP contribution in [0.15, 0.2) is 0 Å². The van der Waals surface area contributed by atoms with Gasteiger partial charge >= 0.3 is 5.97 Å². The number of aliphatic hydroxyl groups is 1. The highest BCUT2D eigenvalue weighted by Crippen LogP contribution is 2.10. The molecule has 6 heteroatoms. The van der Waals surface area contributed by atoms with Gasteiger partial charge < -0.3 is 27.0 Å². The van der Waals surface area contributed by atoms with Crippen molar-refractivity contribution < 1.29 is 15.0 Å². The fourth-order valence-corrected chi connectivity index (χ4v) is 1.41. The standard InChI is InChI=1S/C11H25N3O3/c1-11(13,10(16)17)5-2-3-7-14-8-9(15)4-6-12/h9,14-15H,2-8,12-13H2,1H3,(H,16,17)/t9-,11?/m1/s1. The van der Waals surface area contributed by atoms with Gasteiger partial charge in [-0.15, -0.1) is 0 Å². The van der Waals surface area contributed by atoms with Crippen molar-refractivity contribution in [2.24, 2.45) is 11.5 Å². The highest BCUT2D eigenvalue weighted by molar-refractivity contribution is 5.77. The number of carboxylic acids is 1. The SMILES string of the molecule is CC(N)(CCCCNC[C@H](O)CCN)C(=O)O. The predicted octanol–water partition coefficient (Wildman–Crippen LogP) is -0.742. The Morgan fingerprint density at radius 2 is 2.12 bits per heavy atom. The number of aliphatic carboxylic acids is 1. The molecular formula is C11H25N3O3. The molecule has 0 aromatic carbocycles. The first-order chi connectivity index (χ1) is 7.90. The number of hydrogen-bond acceptors (Lipinski definition) is 5. The molecular weight excluding hydrogens is 222 g/mol. The van der Waals surface area contributed by atoms with Crippen LogP contribution in [-0.4, -0.2) is 47.5 Å². The molecule has 17 heavy (non-hydrogen) atoms. The minimum atomic E-state index is -1.14. The Morgan fingerprint density at radius 1 is 1.47 bits per heavy atom. The van der Waals surface area contributed by atoms with Gasteiger partial charge in [-0.25, -0.2) is 0 Å². The molecule has 0 aliphatic carbocycles. The van der Waals surface area contributed by atoms with E-state index in [-0.39, 0.29) is 0 Å². The van der Waals surface area contributed by atoms with Crippen LogP contribution in [0.1, 0.15) is 32.6 Å². The van der Waals surface area contributed by atoms with Gasteiger partial charge in [0.2, 0.25) is 0 Å². The summed E-state index contributed by atoms with van der Waals surface area (Å²) in [7, 11) is 0. The van der Waals surface area contributed by atoms with E-state index in [9.17, 15) is 9.90 Å². The Kier molecular flexibility index (Phi) is 8.07. The van der Waals surface area contributed by atoms with Gasteiger partial charge in [-0.2, -0.15) is 0 Å². The summed E-state index contributed by atoms with van der Waals surface area (Å²) < 4.78 is 0. The van der Waals surface area contributed by atoms with Crippen LogP contribution in [0.3, 0.4) is 0 Å². The molecule has 0 fully saturated rings. The molecule has 0 radical (unpaired) electrons. The predicted molar refractivity (Wildman–Crippen MR) is 66.6 cm³/mol. The average Bonchev–Trinajstić information content (AvgIpc) is 2.23. The topological polar surface area (TPSA) is 122 Å². The molecule has 102 valence electrons. The van der Waals surface area contributed by atoms with Gasteiger partial charge in [0, 0.05) is 6.54 Å². The van der Waals surface area contributed by atoms with Crippen LogP contribution >= 0.6 is 0 Å². The Morgan fingerprint density at radius 3 is 2.65 bits per heavy atom. The molecule has 0 saturated heterocycles. The molecule has 0 bridgehead atoms. The highest BCUT2D eigenvalue weighted by Gasteiger charge is 2.26. The Balaban J connectivity index is 3.44. The second kappa shape index (κ2) is 8.41. The van der Waals surface area contributed by atoms with Crippen molar-refractivity contribution in [1.82, 2.24) is 5.32 Å². The number of aliphatic hydroxyl groups excluding tert-OH is 1. The summed E-state index contributed by atoms with van der Waals surface area (Å²) in [5.41, 5.74) is 9.75. The summed E-state index contributed by atoms with van der Waals surface area (Å²) in [5.74, 6) is -0.969. The maximum atomic E-state index is 10.7. The molecule has 0 aromatic rings. The third-order valence-corrected chi connectivity index (χ3v) is 2.67. The molecule has 1 unspecified atom stereocenters. The fraction of sp³-hybridized carbons (Fsp3) is 0.909. The monoisotopic (exact) mass is 247 g/mol. The summed E-state index contributed by atoms with van der Waals surface area (Å²) in [5, 5.41) is 21.2. The van der Waals surface area contributed by atoms with Gasteiger partial charge in [0.05, 0.1) is 6.10 Å². The zero-order valence-corrected chi connectivity index (χ0v) is 10.5. The van der Waals surface area contributed by atoms with E-state index in [0.717, 1.165) is 19.4 Å². The summed E-state index contributed by atoms with van der Waals surface area (Å²) >= 11 is 0. The summed E-state index contributed by atoms with van der Waals surface area (Å²) in [4.78, 5) is 10.7. The van der Waals surface area contributed by atoms with Crippen molar-refractivity contribution >= 4 is 5.97 Å². The van der Waals surface area contributed by atoms with Crippen LogP contribution in [0, 0.1) is 0 Å². The van der Waals surface area contributed by atoms with E-state index in [1.807, 2.05) is 0 Å². The summed E-state index contributed by atoms with van der Waals surface area (Å²) in [6.45, 7) is 3.27. The van der Waals surface area contributed by atoms with Crippen molar-refractivity contribution in [3.05, 3.63) is 0 Å².